The van der Waals surface area contributed by atoms with Gasteiger partial charge in [-0.2, -0.15) is 0 Å². The zero-order valence-corrected chi connectivity index (χ0v) is 14.1. The molecule has 0 unspecified atom stereocenters. The maximum absolute atomic E-state index is 3.85. The molecule has 0 bridgehead atoms. The Morgan fingerprint density at radius 3 is 1.53 bits per heavy atom. The van der Waals surface area contributed by atoms with E-state index in [0.717, 1.165) is 13.1 Å². The van der Waals surface area contributed by atoms with Gasteiger partial charge in [0.1, 0.15) is 0 Å². The number of nitrogens with one attached hydrogen (secondary N) is 2. The van der Waals surface area contributed by atoms with Crippen LogP contribution in [0.25, 0.3) is 0 Å². The van der Waals surface area contributed by atoms with Crippen LogP contribution >= 0.6 is 0 Å². The Morgan fingerprint density at radius 2 is 1.21 bits per heavy atom. The Morgan fingerprint density at radius 1 is 0.789 bits per heavy atom. The van der Waals surface area contributed by atoms with Crippen LogP contribution in [0.2, 0.25) is 12.1 Å². The monoisotopic (exact) mass is 282 g/mol. The second kappa shape index (κ2) is 12.6. The summed E-state index contributed by atoms with van der Waals surface area (Å²) in [5, 5.41) is 0. The summed E-state index contributed by atoms with van der Waals surface area (Å²) in [5.41, 5.74) is 0. The fourth-order valence-corrected chi connectivity index (χ4v) is 6.29. The Hall–Kier alpha value is -0.383. The quantitative estimate of drug-likeness (QED) is 0.281. The lowest BCUT2D eigenvalue weighted by molar-refractivity contribution is 0.705. The first-order valence-corrected chi connectivity index (χ1v) is 10.4. The minimum absolute atomic E-state index is 0.925. The molecule has 0 heterocycles. The third-order valence-electron chi connectivity index (χ3n) is 3.58. The predicted octanol–water partition coefficient (Wildman–Crippen LogP) is 4.36. The predicted molar refractivity (Wildman–Crippen MR) is 90.8 cm³/mol. The van der Waals surface area contributed by atoms with Crippen molar-refractivity contribution in [2.45, 2.75) is 64.5 Å². The first kappa shape index (κ1) is 18.6. The van der Waals surface area contributed by atoms with Gasteiger partial charge in [-0.25, -0.2) is 0 Å². The van der Waals surface area contributed by atoms with Gasteiger partial charge in [0, 0.05) is 13.1 Å². The summed E-state index contributed by atoms with van der Waals surface area (Å²) in [6.45, 7) is 14.1. The van der Waals surface area contributed by atoms with Crippen molar-refractivity contribution < 1.29 is 0 Å². The molecule has 0 aromatic rings. The van der Waals surface area contributed by atoms with Gasteiger partial charge in [-0.1, -0.05) is 64.5 Å². The minimum Gasteiger partial charge on any atom is -0.322 e. The molecular weight excluding hydrogens is 248 g/mol. The van der Waals surface area contributed by atoms with Gasteiger partial charge in [-0.15, -0.1) is 13.2 Å². The van der Waals surface area contributed by atoms with Crippen molar-refractivity contribution in [2.75, 3.05) is 13.1 Å². The van der Waals surface area contributed by atoms with Crippen molar-refractivity contribution in [3.8, 4) is 0 Å². The minimum atomic E-state index is -1.55. The van der Waals surface area contributed by atoms with Crippen molar-refractivity contribution in [1.82, 2.24) is 9.96 Å². The molecule has 0 atom stereocenters. The summed E-state index contributed by atoms with van der Waals surface area (Å²) in [6.07, 6.45) is 11.9. The van der Waals surface area contributed by atoms with E-state index >= 15 is 0 Å². The molecule has 0 saturated heterocycles. The molecule has 112 valence electrons. The van der Waals surface area contributed by atoms with E-state index in [4.69, 9.17) is 0 Å². The summed E-state index contributed by atoms with van der Waals surface area (Å²) in [6, 6.07) is 2.65. The molecular formula is C16H34N2Si. The summed E-state index contributed by atoms with van der Waals surface area (Å²) >= 11 is 0. The zero-order chi connectivity index (χ0) is 14.4. The molecule has 0 fully saturated rings. The summed E-state index contributed by atoms with van der Waals surface area (Å²) in [7, 11) is -1.55. The Bertz CT molecular complexity index is 205. The normalized spacial score (nSPS) is 11.5. The van der Waals surface area contributed by atoms with E-state index in [9.17, 15) is 0 Å². The second-order valence-electron chi connectivity index (χ2n) is 5.34. The lowest BCUT2D eigenvalue weighted by atomic mass is 10.3. The first-order chi connectivity index (χ1) is 9.24. The molecule has 2 N–H and O–H groups in total. The van der Waals surface area contributed by atoms with Crippen molar-refractivity contribution in [1.29, 1.82) is 0 Å². The van der Waals surface area contributed by atoms with E-state index in [1.165, 1.54) is 50.6 Å². The van der Waals surface area contributed by atoms with E-state index in [1.54, 1.807) is 0 Å². The molecule has 0 saturated carbocycles. The highest BCUT2D eigenvalue weighted by molar-refractivity contribution is 6.75. The van der Waals surface area contributed by atoms with Crippen molar-refractivity contribution in [3.05, 3.63) is 25.3 Å². The summed E-state index contributed by atoms with van der Waals surface area (Å²) in [5.74, 6) is 0. The molecule has 0 radical (unpaired) electrons. The molecule has 0 spiro atoms. The van der Waals surface area contributed by atoms with Crippen LogP contribution in [0.4, 0.5) is 0 Å². The van der Waals surface area contributed by atoms with Gasteiger partial charge in [0.25, 0.3) is 0 Å². The van der Waals surface area contributed by atoms with Crippen LogP contribution in [0.15, 0.2) is 25.3 Å². The highest BCUT2D eigenvalue weighted by Crippen LogP contribution is 2.18. The Labute approximate surface area is 121 Å². The smallest absolute Gasteiger partial charge is 0.201 e. The van der Waals surface area contributed by atoms with Gasteiger partial charge in [-0.05, 0) is 12.1 Å². The maximum Gasteiger partial charge on any atom is 0.201 e. The molecule has 0 aliphatic rings. The van der Waals surface area contributed by atoms with E-state index in [1.807, 2.05) is 12.2 Å². The average Bonchev–Trinajstić information content (AvgIpc) is 2.43. The van der Waals surface area contributed by atoms with Gasteiger partial charge in [0.05, 0.1) is 0 Å². The number of rotatable bonds is 14. The van der Waals surface area contributed by atoms with E-state index in [0.29, 0.717) is 0 Å². The van der Waals surface area contributed by atoms with Crippen molar-refractivity contribution in [2.24, 2.45) is 0 Å². The molecule has 0 aliphatic heterocycles. The lowest BCUT2D eigenvalue weighted by Gasteiger charge is -2.33. The lowest BCUT2D eigenvalue weighted by Crippen LogP contribution is -2.62. The van der Waals surface area contributed by atoms with Crippen LogP contribution in [-0.2, 0) is 0 Å². The number of unbranched alkanes of at least 4 members (excludes halogenated alkanes) is 4. The standard InChI is InChI=1S/C16H34N2Si/c1-5-9-11-15-19(17-13-7-3,18-14-8-4)16-12-10-6-2/h7-8,17-18H,3-6,9-16H2,1-2H3. The fraction of sp³-hybridized carbons (Fsp3) is 0.750. The maximum atomic E-state index is 3.85. The second-order valence-corrected chi connectivity index (χ2v) is 9.21. The van der Waals surface area contributed by atoms with Crippen LogP contribution in [0.1, 0.15) is 52.4 Å². The van der Waals surface area contributed by atoms with Crippen molar-refractivity contribution >= 4 is 8.40 Å². The van der Waals surface area contributed by atoms with Crippen molar-refractivity contribution in [3.63, 3.8) is 0 Å². The molecule has 0 aromatic carbocycles. The number of hydrogen-bond donors (Lipinski definition) is 2. The topological polar surface area (TPSA) is 24.1 Å². The largest absolute Gasteiger partial charge is 0.322 e. The molecule has 0 aromatic heterocycles. The van der Waals surface area contributed by atoms with E-state index < -0.39 is 8.40 Å². The van der Waals surface area contributed by atoms with Gasteiger partial charge < -0.3 is 9.96 Å². The van der Waals surface area contributed by atoms with E-state index in [-0.39, 0.29) is 0 Å². The molecule has 3 heteroatoms. The number of hydrogen-bond acceptors (Lipinski definition) is 2. The van der Waals surface area contributed by atoms with Crippen LogP contribution in [0, 0.1) is 0 Å². The third-order valence-corrected chi connectivity index (χ3v) is 7.76. The highest BCUT2D eigenvalue weighted by atomic mass is 28.3. The van der Waals surface area contributed by atoms with Crippen LogP contribution in [-0.4, -0.2) is 21.5 Å². The summed E-state index contributed by atoms with van der Waals surface area (Å²) < 4.78 is 0. The van der Waals surface area contributed by atoms with Crippen LogP contribution < -0.4 is 9.96 Å². The van der Waals surface area contributed by atoms with Crippen LogP contribution in [0.3, 0.4) is 0 Å². The van der Waals surface area contributed by atoms with E-state index in [2.05, 4.69) is 37.0 Å². The molecule has 2 nitrogen and oxygen atoms in total. The Balaban J connectivity index is 4.52. The van der Waals surface area contributed by atoms with Gasteiger partial charge in [0.2, 0.25) is 8.40 Å². The zero-order valence-electron chi connectivity index (χ0n) is 13.1. The van der Waals surface area contributed by atoms with Crippen LogP contribution in [0.5, 0.6) is 0 Å². The van der Waals surface area contributed by atoms with Gasteiger partial charge in [0.15, 0.2) is 0 Å². The molecule has 0 amide bonds. The average molecular weight is 283 g/mol. The molecule has 19 heavy (non-hydrogen) atoms. The molecule has 0 rings (SSSR count). The first-order valence-electron chi connectivity index (χ1n) is 7.96. The highest BCUT2D eigenvalue weighted by Gasteiger charge is 2.30. The fourth-order valence-electron chi connectivity index (χ4n) is 2.43. The summed E-state index contributed by atoms with van der Waals surface area (Å²) in [4.78, 5) is 7.59. The third kappa shape index (κ3) is 9.19. The Kier molecular flexibility index (Phi) is 12.4. The molecule has 0 aliphatic carbocycles. The SMILES string of the molecule is C=CCN[Si](CCCCC)(CCCCC)NCC=C. The van der Waals surface area contributed by atoms with Gasteiger partial charge >= 0.3 is 0 Å². The van der Waals surface area contributed by atoms with Gasteiger partial charge in [-0.3, -0.25) is 0 Å².